The molecule has 1 atom stereocenters. The maximum absolute atomic E-state index is 11.8. The Kier molecular flexibility index (Phi) is 4.73. The van der Waals surface area contributed by atoms with Gasteiger partial charge in [-0.1, -0.05) is 12.1 Å². The van der Waals surface area contributed by atoms with Gasteiger partial charge in [0.15, 0.2) is 5.76 Å². The van der Waals surface area contributed by atoms with Gasteiger partial charge in [-0.15, -0.1) is 0 Å². The molecule has 0 aliphatic carbocycles. The number of anilines is 1. The summed E-state index contributed by atoms with van der Waals surface area (Å²) < 4.78 is 5.01. The molecule has 0 saturated heterocycles. The van der Waals surface area contributed by atoms with Crippen molar-refractivity contribution in [2.75, 3.05) is 5.32 Å². The number of furan rings is 1. The second-order valence-electron chi connectivity index (χ2n) is 4.63. The lowest BCUT2D eigenvalue weighted by molar-refractivity contribution is -0.122. The van der Waals surface area contributed by atoms with E-state index in [1.165, 1.54) is 6.26 Å². The molecule has 1 aromatic carbocycles. The fourth-order valence-electron chi connectivity index (χ4n) is 1.66. The third-order valence-corrected chi connectivity index (χ3v) is 2.84. The Morgan fingerprint density at radius 1 is 1.24 bits per heavy atom. The average molecular weight is 287 g/mol. The number of nitrogens with two attached hydrogens (primary N) is 1. The Morgan fingerprint density at radius 3 is 2.52 bits per heavy atom. The van der Waals surface area contributed by atoms with Crippen LogP contribution in [0.2, 0.25) is 0 Å². The molecular weight excluding hydrogens is 270 g/mol. The summed E-state index contributed by atoms with van der Waals surface area (Å²) in [5.74, 6) is -0.258. The summed E-state index contributed by atoms with van der Waals surface area (Å²) in [6.07, 6.45) is 1.44. The van der Waals surface area contributed by atoms with E-state index in [0.29, 0.717) is 12.2 Å². The molecule has 2 aromatic rings. The molecule has 0 fully saturated rings. The molecule has 21 heavy (non-hydrogen) atoms. The molecular formula is C15H17N3O3. The van der Waals surface area contributed by atoms with Crippen LogP contribution in [-0.2, 0) is 11.3 Å². The Bertz CT molecular complexity index is 604. The Balaban J connectivity index is 1.90. The van der Waals surface area contributed by atoms with E-state index in [-0.39, 0.29) is 17.6 Å². The number of rotatable bonds is 5. The minimum absolute atomic E-state index is 0.204. The highest BCUT2D eigenvalue weighted by Gasteiger charge is 2.09. The molecule has 1 unspecified atom stereocenters. The number of nitrogens with one attached hydrogen (secondary N) is 2. The number of hydrogen-bond donors (Lipinski definition) is 3. The molecule has 0 aliphatic heterocycles. The average Bonchev–Trinajstić information content (AvgIpc) is 3.00. The molecule has 6 nitrogen and oxygen atoms in total. The van der Waals surface area contributed by atoms with E-state index < -0.39 is 6.04 Å². The number of carbonyl (C=O) groups is 2. The van der Waals surface area contributed by atoms with E-state index in [2.05, 4.69) is 10.6 Å². The molecule has 0 aliphatic rings. The van der Waals surface area contributed by atoms with Gasteiger partial charge in [-0.25, -0.2) is 0 Å². The van der Waals surface area contributed by atoms with E-state index >= 15 is 0 Å². The summed E-state index contributed by atoms with van der Waals surface area (Å²) in [5, 5.41) is 5.43. The minimum Gasteiger partial charge on any atom is -0.459 e. The highest BCUT2D eigenvalue weighted by Crippen LogP contribution is 2.11. The van der Waals surface area contributed by atoms with Gasteiger partial charge < -0.3 is 20.8 Å². The number of amides is 2. The second-order valence-corrected chi connectivity index (χ2v) is 4.63. The Labute approximate surface area is 122 Å². The molecule has 1 aromatic heterocycles. The van der Waals surface area contributed by atoms with Crippen LogP contribution in [0.5, 0.6) is 0 Å². The zero-order chi connectivity index (χ0) is 15.2. The van der Waals surface area contributed by atoms with Crippen molar-refractivity contribution in [3.63, 3.8) is 0 Å². The van der Waals surface area contributed by atoms with E-state index in [9.17, 15) is 9.59 Å². The standard InChI is InChI=1S/C15H17N3O3/c1-10(16)14(19)17-9-11-4-6-12(7-5-11)18-15(20)13-3-2-8-21-13/h2-8,10H,9,16H2,1H3,(H,17,19)(H,18,20). The van der Waals surface area contributed by atoms with Crippen LogP contribution in [-0.4, -0.2) is 17.9 Å². The number of carbonyl (C=O) groups excluding carboxylic acids is 2. The Hall–Kier alpha value is -2.60. The van der Waals surface area contributed by atoms with Gasteiger partial charge in [-0.05, 0) is 36.8 Å². The van der Waals surface area contributed by atoms with Crippen molar-refractivity contribution in [3.05, 3.63) is 54.0 Å². The molecule has 110 valence electrons. The second kappa shape index (κ2) is 6.71. The summed E-state index contributed by atoms with van der Waals surface area (Å²) in [7, 11) is 0. The van der Waals surface area contributed by atoms with Crippen molar-refractivity contribution in [1.82, 2.24) is 5.32 Å². The lowest BCUT2D eigenvalue weighted by Gasteiger charge is -2.08. The van der Waals surface area contributed by atoms with Gasteiger partial charge in [-0.3, -0.25) is 9.59 Å². The maximum Gasteiger partial charge on any atom is 0.291 e. The lowest BCUT2D eigenvalue weighted by atomic mass is 10.2. The molecule has 2 rings (SSSR count). The van der Waals surface area contributed by atoms with Crippen LogP contribution in [0.1, 0.15) is 23.0 Å². The fraction of sp³-hybridized carbons (Fsp3) is 0.200. The highest BCUT2D eigenvalue weighted by atomic mass is 16.3. The van der Waals surface area contributed by atoms with Gasteiger partial charge in [0.2, 0.25) is 5.91 Å². The van der Waals surface area contributed by atoms with Gasteiger partial charge in [0.1, 0.15) is 0 Å². The minimum atomic E-state index is -0.531. The molecule has 4 N–H and O–H groups in total. The quantitative estimate of drug-likeness (QED) is 0.776. The van der Waals surface area contributed by atoms with Gasteiger partial charge in [0.05, 0.1) is 12.3 Å². The van der Waals surface area contributed by atoms with Crippen molar-refractivity contribution < 1.29 is 14.0 Å². The molecule has 2 amide bonds. The van der Waals surface area contributed by atoms with E-state index in [1.54, 1.807) is 31.2 Å². The van der Waals surface area contributed by atoms with Gasteiger partial charge in [0.25, 0.3) is 5.91 Å². The topological polar surface area (TPSA) is 97.4 Å². The van der Waals surface area contributed by atoms with Crippen LogP contribution >= 0.6 is 0 Å². The molecule has 0 radical (unpaired) electrons. The van der Waals surface area contributed by atoms with Crippen molar-refractivity contribution in [2.24, 2.45) is 5.73 Å². The van der Waals surface area contributed by atoms with E-state index in [0.717, 1.165) is 5.56 Å². The number of hydrogen-bond acceptors (Lipinski definition) is 4. The largest absolute Gasteiger partial charge is 0.459 e. The summed E-state index contributed by atoms with van der Waals surface area (Å²) in [6, 6.07) is 9.87. The van der Waals surface area contributed by atoms with Crippen LogP contribution in [0.25, 0.3) is 0 Å². The molecule has 0 spiro atoms. The summed E-state index contributed by atoms with van der Waals surface area (Å²) in [5.41, 5.74) is 7.03. The van der Waals surface area contributed by atoms with Gasteiger partial charge in [-0.2, -0.15) is 0 Å². The van der Waals surface area contributed by atoms with Crippen LogP contribution in [0.3, 0.4) is 0 Å². The van der Waals surface area contributed by atoms with E-state index in [1.807, 2.05) is 12.1 Å². The summed E-state index contributed by atoms with van der Waals surface area (Å²) in [6.45, 7) is 2.02. The third kappa shape index (κ3) is 4.19. The van der Waals surface area contributed by atoms with Crippen LogP contribution in [0.4, 0.5) is 5.69 Å². The van der Waals surface area contributed by atoms with Crippen LogP contribution < -0.4 is 16.4 Å². The lowest BCUT2D eigenvalue weighted by Crippen LogP contribution is -2.37. The first-order chi connectivity index (χ1) is 10.1. The van der Waals surface area contributed by atoms with Crippen molar-refractivity contribution in [3.8, 4) is 0 Å². The molecule has 0 saturated carbocycles. The monoisotopic (exact) mass is 287 g/mol. The zero-order valence-electron chi connectivity index (χ0n) is 11.6. The predicted octanol–water partition coefficient (Wildman–Crippen LogP) is 1.50. The maximum atomic E-state index is 11.8. The Morgan fingerprint density at radius 2 is 1.95 bits per heavy atom. The molecule has 1 heterocycles. The van der Waals surface area contributed by atoms with Crippen molar-refractivity contribution in [1.29, 1.82) is 0 Å². The highest BCUT2D eigenvalue weighted by molar-refractivity contribution is 6.02. The van der Waals surface area contributed by atoms with Crippen molar-refractivity contribution >= 4 is 17.5 Å². The zero-order valence-corrected chi connectivity index (χ0v) is 11.6. The first-order valence-electron chi connectivity index (χ1n) is 6.53. The fourth-order valence-corrected chi connectivity index (χ4v) is 1.66. The summed E-state index contributed by atoms with van der Waals surface area (Å²) >= 11 is 0. The molecule has 0 bridgehead atoms. The molecule has 6 heteroatoms. The van der Waals surface area contributed by atoms with Gasteiger partial charge >= 0.3 is 0 Å². The smallest absolute Gasteiger partial charge is 0.291 e. The number of benzene rings is 1. The van der Waals surface area contributed by atoms with Crippen molar-refractivity contribution in [2.45, 2.75) is 19.5 Å². The van der Waals surface area contributed by atoms with Crippen LogP contribution in [0, 0.1) is 0 Å². The summed E-state index contributed by atoms with van der Waals surface area (Å²) in [4.78, 5) is 23.1. The first-order valence-corrected chi connectivity index (χ1v) is 6.53. The van der Waals surface area contributed by atoms with Gasteiger partial charge in [0, 0.05) is 12.2 Å². The predicted molar refractivity (Wildman–Crippen MR) is 78.6 cm³/mol. The van der Waals surface area contributed by atoms with E-state index in [4.69, 9.17) is 10.2 Å². The first kappa shape index (κ1) is 14.8. The third-order valence-electron chi connectivity index (χ3n) is 2.84. The SMILES string of the molecule is CC(N)C(=O)NCc1ccc(NC(=O)c2ccco2)cc1. The normalized spacial score (nSPS) is 11.7. The van der Waals surface area contributed by atoms with Crippen LogP contribution in [0.15, 0.2) is 47.1 Å².